The van der Waals surface area contributed by atoms with Crippen LogP contribution in [0.5, 0.6) is 0 Å². The summed E-state index contributed by atoms with van der Waals surface area (Å²) in [5.74, 6) is -0.984. The van der Waals surface area contributed by atoms with Gasteiger partial charge in [-0.15, -0.1) is 0 Å². The molecule has 0 radical (unpaired) electrons. The van der Waals surface area contributed by atoms with Gasteiger partial charge < -0.3 is 120 Å². The number of carbonyl (C=O) groups excluding carboxylic acids is 1. The first-order valence-electron chi connectivity index (χ1n) is 28.3. The Morgan fingerprint density at radius 1 is 0.582 bits per heavy atom. The normalized spacial score (nSPS) is 53.8. The smallest absolute Gasteiger partial charge is 0.187 e. The molecule has 9 rings (SSSR count). The van der Waals surface area contributed by atoms with Crippen molar-refractivity contribution in [3.8, 4) is 0 Å². The van der Waals surface area contributed by atoms with Crippen LogP contribution < -0.4 is 0 Å². The highest BCUT2D eigenvalue weighted by Gasteiger charge is 2.84. The number of carbonyl (C=O) groups is 1. The highest BCUT2D eigenvalue weighted by atomic mass is 16.8. The van der Waals surface area contributed by atoms with Crippen LogP contribution in [0.25, 0.3) is 0 Å². The van der Waals surface area contributed by atoms with E-state index in [1.54, 1.807) is 0 Å². The molecule has 2 spiro atoms. The maximum atomic E-state index is 13.8. The quantitative estimate of drug-likeness (QED) is 0.0614. The maximum Gasteiger partial charge on any atom is 0.187 e. The topological polar surface area (TPSA) is 415 Å². The summed E-state index contributed by atoms with van der Waals surface area (Å²) >= 11 is 0. The van der Waals surface area contributed by atoms with Crippen molar-refractivity contribution >= 4 is 5.78 Å². The van der Waals surface area contributed by atoms with Crippen LogP contribution in [0.2, 0.25) is 0 Å². The predicted molar refractivity (Wildman–Crippen MR) is 266 cm³/mol. The number of rotatable bonds is 17. The monoisotopic (exact) mass is 1140 g/mol. The lowest BCUT2D eigenvalue weighted by Crippen LogP contribution is -2.66. The van der Waals surface area contributed by atoms with Gasteiger partial charge in [-0.1, -0.05) is 34.6 Å². The van der Waals surface area contributed by atoms with Crippen LogP contribution in [0.1, 0.15) is 106 Å². The molecule has 0 aromatic heterocycles. The Labute approximate surface area is 459 Å². The van der Waals surface area contributed by atoms with E-state index >= 15 is 0 Å². The summed E-state index contributed by atoms with van der Waals surface area (Å²) in [7, 11) is 0. The van der Waals surface area contributed by atoms with Gasteiger partial charge in [0, 0.05) is 6.42 Å². The van der Waals surface area contributed by atoms with Gasteiger partial charge in [0.15, 0.2) is 30.9 Å². The zero-order chi connectivity index (χ0) is 58.0. The number of fused-ring (bicyclic) bond motifs is 2. The predicted octanol–water partition coefficient (Wildman–Crippen LogP) is -4.22. The summed E-state index contributed by atoms with van der Waals surface area (Å²) in [5.41, 5.74) is -3.67. The molecule has 0 unspecified atom stereocenters. The van der Waals surface area contributed by atoms with Gasteiger partial charge in [0.2, 0.25) is 0 Å². The zero-order valence-electron chi connectivity index (χ0n) is 46.1. The van der Waals surface area contributed by atoms with E-state index in [-0.39, 0.29) is 46.7 Å². The second kappa shape index (κ2) is 22.5. The average molecular weight is 1140 g/mol. The maximum absolute atomic E-state index is 13.8. The molecule has 25 nitrogen and oxygen atoms in total. The first kappa shape index (κ1) is 62.2. The largest absolute Gasteiger partial charge is 0.394 e. The van der Waals surface area contributed by atoms with E-state index in [2.05, 4.69) is 13.8 Å². The Bertz CT molecular complexity index is 2120. The van der Waals surface area contributed by atoms with E-state index in [0.29, 0.717) is 32.1 Å². The minimum Gasteiger partial charge on any atom is -0.394 e. The molecule has 31 atom stereocenters. The molecule has 9 fully saturated rings. The highest BCUT2D eigenvalue weighted by Crippen LogP contribution is 2.89. The molecule has 456 valence electrons. The van der Waals surface area contributed by atoms with Gasteiger partial charge in [-0.05, 0) is 116 Å². The average Bonchev–Trinajstić information content (AvgIpc) is 3.35. The lowest BCUT2D eigenvalue weighted by atomic mass is 9.41. The van der Waals surface area contributed by atoms with Crippen LogP contribution in [0.3, 0.4) is 0 Å². The van der Waals surface area contributed by atoms with Crippen LogP contribution in [0.4, 0.5) is 0 Å². The van der Waals surface area contributed by atoms with Gasteiger partial charge in [-0.2, -0.15) is 0 Å². The summed E-state index contributed by atoms with van der Waals surface area (Å²) in [4.78, 5) is 13.8. The van der Waals surface area contributed by atoms with Gasteiger partial charge >= 0.3 is 0 Å². The fraction of sp³-hybridized carbons (Fsp3) is 0.981. The lowest BCUT2D eigenvalue weighted by molar-refractivity contribution is -0.382. The van der Waals surface area contributed by atoms with Crippen molar-refractivity contribution in [3.05, 3.63) is 0 Å². The fourth-order valence-electron chi connectivity index (χ4n) is 17.2. The van der Waals surface area contributed by atoms with Crippen molar-refractivity contribution < 1.29 is 124 Å². The molecule has 0 amide bonds. The van der Waals surface area contributed by atoms with Gasteiger partial charge in [0.25, 0.3) is 0 Å². The van der Waals surface area contributed by atoms with Crippen LogP contribution in [0, 0.1) is 50.7 Å². The van der Waals surface area contributed by atoms with Gasteiger partial charge in [0.1, 0.15) is 103 Å². The Hall–Kier alpha value is -1.29. The number of hydrogen-bond donors (Lipinski definition) is 16. The summed E-state index contributed by atoms with van der Waals surface area (Å²) in [6.07, 6.45) is -30.2. The molecule has 5 aliphatic carbocycles. The minimum atomic E-state index is -1.90. The van der Waals surface area contributed by atoms with E-state index < -0.39 is 189 Å². The molecule has 79 heavy (non-hydrogen) atoms. The molecule has 9 aliphatic rings. The third-order valence-electron chi connectivity index (χ3n) is 21.8. The first-order valence-corrected chi connectivity index (χ1v) is 28.3. The molecule has 4 saturated heterocycles. The SMILES string of the molecule is C[C@H](CCC(=O)C(C)(C)O[C@@H]1O[C@H](CO)[C@@H](O)[C@H](O)[C@H]1O)[C@H]1[C@@H](O)C[C@@]2(C)[C@@H]3[C@@H](O)C[C@H]4C(C)(C)[C@@H](O[C@@H]5O[C@H](CO[C@@H]6O[C@H](CO)[C@@H](O)[C@H](O)[C@H]6O)[C@@H](O)[C@H](O)[C@H]5O[C@@H]5O[C@H](CO)[C@@H](O)[C@H](O)[C@H]5O)CC[C@@]45C[C@@]35CC[C@]12C. The zero-order valence-corrected chi connectivity index (χ0v) is 46.1. The van der Waals surface area contributed by atoms with Crippen LogP contribution >= 0.6 is 0 Å². The summed E-state index contributed by atoms with van der Waals surface area (Å²) < 4.78 is 47.6. The molecular formula is C54H90O25. The van der Waals surface area contributed by atoms with Crippen molar-refractivity contribution in [3.63, 3.8) is 0 Å². The lowest BCUT2D eigenvalue weighted by Gasteiger charge is -2.64. The van der Waals surface area contributed by atoms with E-state index in [1.807, 2.05) is 20.8 Å². The van der Waals surface area contributed by atoms with Crippen molar-refractivity contribution in [2.45, 2.75) is 253 Å². The molecule has 5 saturated carbocycles. The standard InChI is InChI=1S/C54H90O25/c1-21(8-9-29(60)50(4,5)79-47-42(71)38(67)34(63)26(18-57)75-47)31-23(59)15-52(7)44-22(58)14-28-49(2,3)30(10-11-53(28)20-54(44,53)13-12-51(31,52)6)77-48-43(78-46-41(70)37(66)33(62)25(17-56)74-46)39(68)35(64)27(76-48)19-72-45-40(69)36(65)32(61)24(16-55)73-45/h21-28,30-48,55-59,61-71H,8-20H2,1-7H3/t21-,22+,23+,24-,25-,26-,27-,28+,30+,31+,32-,33-,34-,35-,36+,37+,38+,39+,40-,41-,42-,43-,44+,45-,46+,47+,48+,51-,52+,53-,54+/m1/s1. The minimum absolute atomic E-state index is 0.0589. The third-order valence-corrected chi connectivity index (χ3v) is 21.8. The molecule has 25 heteroatoms. The molecule has 4 heterocycles. The second-order valence-electron chi connectivity index (χ2n) is 26.6. The molecule has 0 aromatic carbocycles. The van der Waals surface area contributed by atoms with E-state index in [4.69, 9.17) is 37.9 Å². The van der Waals surface area contributed by atoms with Crippen LogP contribution in [-0.2, 0) is 42.7 Å². The van der Waals surface area contributed by atoms with E-state index in [9.17, 15) is 86.5 Å². The van der Waals surface area contributed by atoms with Gasteiger partial charge in [-0.3, -0.25) is 4.79 Å². The molecular weight excluding hydrogens is 1050 g/mol. The Kier molecular flexibility index (Phi) is 17.7. The van der Waals surface area contributed by atoms with Crippen LogP contribution in [0.15, 0.2) is 0 Å². The Morgan fingerprint density at radius 2 is 1.10 bits per heavy atom. The van der Waals surface area contributed by atoms with Gasteiger partial charge in [0.05, 0.1) is 44.7 Å². The fourth-order valence-corrected chi connectivity index (χ4v) is 17.2. The summed E-state index contributed by atoms with van der Waals surface area (Å²) in [5, 5.41) is 172. The van der Waals surface area contributed by atoms with Crippen molar-refractivity contribution in [2.24, 2.45) is 50.7 Å². The number of aliphatic hydroxyl groups excluding tert-OH is 16. The summed E-state index contributed by atoms with van der Waals surface area (Å²) in [6.45, 7) is 10.8. The second-order valence-corrected chi connectivity index (χ2v) is 26.6. The van der Waals surface area contributed by atoms with Crippen LogP contribution in [-0.4, -0.2) is 261 Å². The number of Topliss-reactive ketones (excluding diaryl/α,β-unsaturated/α-hetero) is 1. The number of ketones is 1. The third kappa shape index (κ3) is 10.1. The Balaban J connectivity index is 0.903. The molecule has 4 aliphatic heterocycles. The van der Waals surface area contributed by atoms with Crippen molar-refractivity contribution in [2.75, 3.05) is 26.4 Å². The number of ether oxygens (including phenoxy) is 8. The first-order chi connectivity index (χ1) is 36.9. The van der Waals surface area contributed by atoms with E-state index in [0.717, 1.165) is 19.3 Å². The van der Waals surface area contributed by atoms with Gasteiger partial charge in [-0.25, -0.2) is 0 Å². The molecule has 0 aromatic rings. The molecule has 0 bridgehead atoms. The molecule has 16 N–H and O–H groups in total. The van der Waals surface area contributed by atoms with Crippen molar-refractivity contribution in [1.29, 1.82) is 0 Å². The van der Waals surface area contributed by atoms with E-state index in [1.165, 1.54) is 13.8 Å². The van der Waals surface area contributed by atoms with Crippen molar-refractivity contribution in [1.82, 2.24) is 0 Å². The number of aliphatic hydroxyl groups is 16. The highest BCUT2D eigenvalue weighted by molar-refractivity contribution is 5.86. The number of hydrogen-bond acceptors (Lipinski definition) is 25. The Morgan fingerprint density at radius 3 is 1.68 bits per heavy atom. The summed E-state index contributed by atoms with van der Waals surface area (Å²) in [6, 6.07) is 0.